The molecule has 0 saturated carbocycles. The molecule has 12 heavy (non-hydrogen) atoms. The fourth-order valence-electron chi connectivity index (χ4n) is 0.829. The minimum absolute atomic E-state index is 0.00463. The van der Waals surface area contributed by atoms with Gasteiger partial charge in [0.2, 0.25) is 5.82 Å². The number of rotatable bonds is 1. The summed E-state index contributed by atoms with van der Waals surface area (Å²) in [6.07, 6.45) is 0. The Kier molecular flexibility index (Phi) is 1.99. The van der Waals surface area contributed by atoms with Gasteiger partial charge in [-0.05, 0) is 0 Å². The third-order valence-corrected chi connectivity index (χ3v) is 1.49. The molecule has 6 heteroatoms. The van der Waals surface area contributed by atoms with Crippen LogP contribution in [0.4, 0.5) is 0 Å². The molecule has 1 heterocycles. The number of aromatic nitrogens is 3. The second-order valence-electron chi connectivity index (χ2n) is 2.28. The fourth-order valence-corrected chi connectivity index (χ4v) is 0.829. The van der Waals surface area contributed by atoms with Crippen molar-refractivity contribution < 1.29 is 9.53 Å². The number of carbonyl (C=O) groups excluding carboxylic acids is 1. The largest absolute Gasteiger partial charge is 0.463 e. The minimum atomic E-state index is -0.616. The predicted octanol–water partition coefficient (Wildman–Crippen LogP) is -1.09. The van der Waals surface area contributed by atoms with Gasteiger partial charge >= 0.3 is 11.7 Å². The van der Waals surface area contributed by atoms with Crippen LogP contribution in [0.1, 0.15) is 10.6 Å². The molecule has 0 aromatic carbocycles. The molecule has 0 spiro atoms. The minimum Gasteiger partial charge on any atom is -0.463 e. The summed E-state index contributed by atoms with van der Waals surface area (Å²) in [5.74, 6) is -0.611. The Morgan fingerprint density at radius 3 is 2.42 bits per heavy atom. The molecule has 1 aromatic heterocycles. The highest BCUT2D eigenvalue weighted by molar-refractivity contribution is 5.85. The average molecular weight is 171 g/mol. The van der Waals surface area contributed by atoms with Gasteiger partial charge in [0.15, 0.2) is 0 Å². The van der Waals surface area contributed by atoms with Crippen LogP contribution < -0.4 is 5.69 Å². The van der Waals surface area contributed by atoms with Crippen molar-refractivity contribution >= 4 is 5.97 Å². The van der Waals surface area contributed by atoms with Gasteiger partial charge in [-0.25, -0.2) is 14.3 Å². The maximum absolute atomic E-state index is 11.1. The van der Waals surface area contributed by atoms with Crippen molar-refractivity contribution in [3.05, 3.63) is 16.3 Å². The number of aryl methyl sites for hydroxylation is 1. The van der Waals surface area contributed by atoms with Crippen molar-refractivity contribution in [3.8, 4) is 0 Å². The van der Waals surface area contributed by atoms with Crippen LogP contribution >= 0.6 is 0 Å². The lowest BCUT2D eigenvalue weighted by molar-refractivity contribution is 0.0581. The molecule has 66 valence electrons. The molecule has 0 unspecified atom stereocenters. The van der Waals surface area contributed by atoms with Gasteiger partial charge in [-0.2, -0.15) is 0 Å². The van der Waals surface area contributed by atoms with Gasteiger partial charge in [0.25, 0.3) is 0 Å². The number of esters is 1. The summed E-state index contributed by atoms with van der Waals surface area (Å²) in [6.45, 7) is 0. The Morgan fingerprint density at radius 1 is 1.50 bits per heavy atom. The number of hydrogen-bond acceptors (Lipinski definition) is 4. The van der Waals surface area contributed by atoms with Gasteiger partial charge in [0, 0.05) is 14.1 Å². The summed E-state index contributed by atoms with van der Waals surface area (Å²) in [6, 6.07) is 0. The van der Waals surface area contributed by atoms with Crippen molar-refractivity contribution in [1.29, 1.82) is 0 Å². The molecular weight excluding hydrogens is 162 g/mol. The molecule has 0 aliphatic heterocycles. The van der Waals surface area contributed by atoms with E-state index in [9.17, 15) is 9.59 Å². The first-order chi connectivity index (χ1) is 5.57. The molecule has 0 N–H and O–H groups in total. The third-order valence-electron chi connectivity index (χ3n) is 1.49. The van der Waals surface area contributed by atoms with E-state index in [0.717, 1.165) is 9.25 Å². The number of nitrogens with zero attached hydrogens (tertiary/aromatic N) is 3. The van der Waals surface area contributed by atoms with E-state index < -0.39 is 5.97 Å². The van der Waals surface area contributed by atoms with E-state index in [1.807, 2.05) is 0 Å². The first-order valence-electron chi connectivity index (χ1n) is 3.26. The third kappa shape index (κ3) is 1.11. The van der Waals surface area contributed by atoms with Gasteiger partial charge in [0.05, 0.1) is 7.11 Å². The summed E-state index contributed by atoms with van der Waals surface area (Å²) in [5.41, 5.74) is -0.351. The highest BCUT2D eigenvalue weighted by Crippen LogP contribution is 1.90. The summed E-state index contributed by atoms with van der Waals surface area (Å²) in [4.78, 5) is 22.0. The Morgan fingerprint density at radius 2 is 2.08 bits per heavy atom. The van der Waals surface area contributed by atoms with E-state index in [0.29, 0.717) is 0 Å². The van der Waals surface area contributed by atoms with Gasteiger partial charge in [-0.3, -0.25) is 4.57 Å². The molecule has 1 aromatic rings. The van der Waals surface area contributed by atoms with E-state index in [4.69, 9.17) is 0 Å². The highest BCUT2D eigenvalue weighted by atomic mass is 16.5. The average Bonchev–Trinajstić information content (AvgIpc) is 2.32. The first-order valence-corrected chi connectivity index (χ1v) is 3.26. The van der Waals surface area contributed by atoms with Crippen LogP contribution in [-0.4, -0.2) is 27.4 Å². The summed E-state index contributed by atoms with van der Waals surface area (Å²) < 4.78 is 6.62. The lowest BCUT2D eigenvalue weighted by Gasteiger charge is -1.94. The van der Waals surface area contributed by atoms with Crippen molar-refractivity contribution in [2.24, 2.45) is 14.1 Å². The molecule has 0 aliphatic rings. The Hall–Kier alpha value is -1.59. The highest BCUT2D eigenvalue weighted by Gasteiger charge is 2.15. The Balaban J connectivity index is 3.27. The zero-order valence-electron chi connectivity index (χ0n) is 7.07. The SMILES string of the molecule is COC(=O)c1nn(C)c(=O)n1C. The van der Waals surface area contributed by atoms with Crippen LogP contribution in [0.3, 0.4) is 0 Å². The van der Waals surface area contributed by atoms with Crippen LogP contribution in [0, 0.1) is 0 Å². The Bertz CT molecular complexity index is 363. The molecule has 0 radical (unpaired) electrons. The van der Waals surface area contributed by atoms with Gasteiger partial charge in [-0.1, -0.05) is 0 Å². The lowest BCUT2D eigenvalue weighted by Crippen LogP contribution is -2.21. The summed E-state index contributed by atoms with van der Waals surface area (Å²) >= 11 is 0. The van der Waals surface area contributed by atoms with Crippen LogP contribution in [0.2, 0.25) is 0 Å². The maximum Gasteiger partial charge on any atom is 0.376 e. The van der Waals surface area contributed by atoms with Gasteiger partial charge in [-0.15, -0.1) is 5.10 Å². The molecule has 0 saturated heterocycles. The van der Waals surface area contributed by atoms with E-state index in [2.05, 4.69) is 9.84 Å². The second-order valence-corrected chi connectivity index (χ2v) is 2.28. The van der Waals surface area contributed by atoms with Gasteiger partial charge < -0.3 is 4.74 Å². The van der Waals surface area contributed by atoms with Crippen LogP contribution in [0.5, 0.6) is 0 Å². The molecule has 0 aliphatic carbocycles. The second kappa shape index (κ2) is 2.80. The zero-order valence-corrected chi connectivity index (χ0v) is 7.07. The van der Waals surface area contributed by atoms with E-state index in [1.165, 1.54) is 21.2 Å². The molecule has 0 atom stereocenters. The number of hydrogen-bond donors (Lipinski definition) is 0. The van der Waals surface area contributed by atoms with E-state index >= 15 is 0 Å². The van der Waals surface area contributed by atoms with Crippen molar-refractivity contribution in [2.45, 2.75) is 0 Å². The van der Waals surface area contributed by atoms with Crippen LogP contribution in [0.25, 0.3) is 0 Å². The molecule has 0 fully saturated rings. The molecule has 0 amide bonds. The number of methoxy groups -OCH3 is 1. The van der Waals surface area contributed by atoms with Crippen LogP contribution in [0.15, 0.2) is 4.79 Å². The van der Waals surface area contributed by atoms with Crippen molar-refractivity contribution in [1.82, 2.24) is 14.3 Å². The van der Waals surface area contributed by atoms with E-state index in [1.54, 1.807) is 0 Å². The summed E-state index contributed by atoms with van der Waals surface area (Å²) in [5, 5.41) is 3.67. The number of ether oxygens (including phenoxy) is 1. The molecule has 1 rings (SSSR count). The lowest BCUT2D eigenvalue weighted by atomic mass is 10.6. The normalized spacial score (nSPS) is 9.92. The zero-order chi connectivity index (χ0) is 9.30. The number of carbonyl (C=O) groups is 1. The molecular formula is C6H9N3O3. The standard InChI is InChI=1S/C6H9N3O3/c1-8-4(5(10)12-3)7-9(2)6(8)11/h1-3H3. The maximum atomic E-state index is 11.1. The summed E-state index contributed by atoms with van der Waals surface area (Å²) in [7, 11) is 4.16. The monoisotopic (exact) mass is 171 g/mol. The van der Waals surface area contributed by atoms with E-state index in [-0.39, 0.29) is 11.5 Å². The first kappa shape index (κ1) is 8.51. The molecule has 0 bridgehead atoms. The predicted molar refractivity (Wildman–Crippen MR) is 39.8 cm³/mol. The topological polar surface area (TPSA) is 66.1 Å². The van der Waals surface area contributed by atoms with Gasteiger partial charge in [0.1, 0.15) is 0 Å². The molecule has 6 nitrogen and oxygen atoms in total. The quantitative estimate of drug-likeness (QED) is 0.503. The van der Waals surface area contributed by atoms with Crippen molar-refractivity contribution in [2.75, 3.05) is 7.11 Å². The Labute approximate surface area is 68.4 Å². The van der Waals surface area contributed by atoms with Crippen LogP contribution in [-0.2, 0) is 18.8 Å². The van der Waals surface area contributed by atoms with Crippen molar-refractivity contribution in [3.63, 3.8) is 0 Å². The smallest absolute Gasteiger partial charge is 0.376 e. The fraction of sp³-hybridized carbons (Fsp3) is 0.500.